The Labute approximate surface area is 191 Å². The maximum atomic E-state index is 14.6. The number of carbonyl (C=O) groups is 2. The zero-order valence-corrected chi connectivity index (χ0v) is 19.0. The van der Waals surface area contributed by atoms with Gasteiger partial charge in [0.1, 0.15) is 12.4 Å². The lowest BCUT2D eigenvalue weighted by Crippen LogP contribution is -2.44. The number of rotatable bonds is 8. The zero-order chi connectivity index (χ0) is 22.5. The minimum atomic E-state index is -0.536. The van der Waals surface area contributed by atoms with Crippen LogP contribution in [-0.4, -0.2) is 54.2 Å². The van der Waals surface area contributed by atoms with E-state index in [9.17, 15) is 14.0 Å². The topological polar surface area (TPSA) is 62.2 Å². The predicted octanol–water partition coefficient (Wildman–Crippen LogP) is 4.23. The summed E-state index contributed by atoms with van der Waals surface area (Å²) >= 11 is 1.54. The van der Waals surface area contributed by atoms with Gasteiger partial charge in [-0.05, 0) is 30.4 Å². The molecule has 1 aliphatic heterocycles. The molecule has 0 radical (unpaired) electrons. The van der Waals surface area contributed by atoms with Gasteiger partial charge in [-0.1, -0.05) is 37.1 Å². The molecular weight excluding hydrogens is 429 g/mol. The summed E-state index contributed by atoms with van der Waals surface area (Å²) in [6.45, 7) is 0.605. The molecule has 1 saturated carbocycles. The fourth-order valence-corrected chi connectivity index (χ4v) is 5.18. The van der Waals surface area contributed by atoms with Gasteiger partial charge in [-0.15, -0.1) is 11.3 Å². The number of thiophene rings is 1. The molecule has 2 amide bonds. The van der Waals surface area contributed by atoms with Crippen LogP contribution in [0.15, 0.2) is 46.9 Å². The minimum absolute atomic E-state index is 0.00278. The second-order valence-corrected chi connectivity index (χ2v) is 9.19. The third-order valence-electron chi connectivity index (χ3n) is 6.14. The van der Waals surface area contributed by atoms with E-state index in [-0.39, 0.29) is 30.1 Å². The molecule has 0 bridgehead atoms. The third kappa shape index (κ3) is 4.91. The average molecular weight is 458 g/mol. The van der Waals surface area contributed by atoms with Crippen molar-refractivity contribution in [2.75, 3.05) is 26.8 Å². The van der Waals surface area contributed by atoms with E-state index in [1.54, 1.807) is 30.2 Å². The van der Waals surface area contributed by atoms with Crippen molar-refractivity contribution in [1.29, 1.82) is 0 Å². The Morgan fingerprint density at radius 2 is 2.00 bits per heavy atom. The summed E-state index contributed by atoms with van der Waals surface area (Å²) in [6, 6.07) is 9.83. The van der Waals surface area contributed by atoms with Crippen molar-refractivity contribution in [3.63, 3.8) is 0 Å². The van der Waals surface area contributed by atoms with Crippen LogP contribution in [0.2, 0.25) is 0 Å². The molecule has 1 fully saturated rings. The molecule has 1 atom stereocenters. The largest absolute Gasteiger partial charge is 0.383 e. The Bertz CT molecular complexity index is 973. The summed E-state index contributed by atoms with van der Waals surface area (Å²) in [6.07, 6.45) is 4.23. The normalized spacial score (nSPS) is 18.8. The van der Waals surface area contributed by atoms with Gasteiger partial charge in [-0.2, -0.15) is 5.10 Å². The Morgan fingerprint density at radius 1 is 1.22 bits per heavy atom. The Balaban J connectivity index is 1.58. The standard InChI is InChI=1S/C24H28FN3O3S/c1-31-13-12-27(24(30)17-7-2-3-8-17)16-23(29)28-21(18-9-4-5-10-19(18)25)15-20(26-28)22-11-6-14-32-22/h4-6,9-11,14,17,21H,2-3,7-8,12-13,15-16H2,1H3/t21-/m1/s1. The van der Waals surface area contributed by atoms with E-state index in [0.29, 0.717) is 25.1 Å². The van der Waals surface area contributed by atoms with Gasteiger partial charge in [-0.3, -0.25) is 9.59 Å². The number of ether oxygens (including phenoxy) is 1. The SMILES string of the molecule is COCCN(CC(=O)N1N=C(c2cccs2)C[C@@H]1c1ccccc1F)C(=O)C1CCCC1. The van der Waals surface area contributed by atoms with Crippen LogP contribution < -0.4 is 0 Å². The van der Waals surface area contributed by atoms with Gasteiger partial charge in [0.05, 0.1) is 23.2 Å². The molecule has 0 unspecified atom stereocenters. The van der Waals surface area contributed by atoms with Gasteiger partial charge in [0.25, 0.3) is 5.91 Å². The van der Waals surface area contributed by atoms with E-state index in [1.807, 2.05) is 17.5 Å². The summed E-state index contributed by atoms with van der Waals surface area (Å²) in [5.41, 5.74) is 1.19. The molecule has 0 N–H and O–H groups in total. The first-order valence-electron chi connectivity index (χ1n) is 11.0. The van der Waals surface area contributed by atoms with Crippen molar-refractivity contribution in [2.45, 2.75) is 38.1 Å². The van der Waals surface area contributed by atoms with Gasteiger partial charge in [0, 0.05) is 31.6 Å². The molecule has 4 rings (SSSR count). The van der Waals surface area contributed by atoms with Crippen LogP contribution in [0, 0.1) is 11.7 Å². The van der Waals surface area contributed by atoms with Crippen molar-refractivity contribution < 1.29 is 18.7 Å². The smallest absolute Gasteiger partial charge is 0.262 e. The molecule has 2 aliphatic rings. The fraction of sp³-hybridized carbons (Fsp3) is 0.458. The van der Waals surface area contributed by atoms with E-state index in [1.165, 1.54) is 22.4 Å². The molecule has 32 heavy (non-hydrogen) atoms. The number of nitrogens with zero attached hydrogens (tertiary/aromatic N) is 3. The molecule has 0 spiro atoms. The van der Waals surface area contributed by atoms with Crippen LogP contribution >= 0.6 is 11.3 Å². The highest BCUT2D eigenvalue weighted by atomic mass is 32.1. The maximum absolute atomic E-state index is 14.6. The number of carbonyl (C=O) groups excluding carboxylic acids is 2. The van der Waals surface area contributed by atoms with Crippen LogP contribution in [0.25, 0.3) is 0 Å². The van der Waals surface area contributed by atoms with E-state index in [4.69, 9.17) is 4.74 Å². The van der Waals surface area contributed by atoms with Crippen LogP contribution in [-0.2, 0) is 14.3 Å². The molecule has 170 valence electrons. The van der Waals surface area contributed by atoms with Crippen molar-refractivity contribution >= 4 is 28.9 Å². The second kappa shape index (κ2) is 10.4. The first-order valence-corrected chi connectivity index (χ1v) is 11.9. The van der Waals surface area contributed by atoms with Crippen LogP contribution in [0.3, 0.4) is 0 Å². The average Bonchev–Trinajstić information content (AvgIpc) is 3.57. The molecular formula is C24H28FN3O3S. The molecule has 2 aromatic rings. The molecule has 2 heterocycles. The Kier molecular flexibility index (Phi) is 7.32. The second-order valence-electron chi connectivity index (χ2n) is 8.24. The van der Waals surface area contributed by atoms with E-state index >= 15 is 0 Å². The number of methoxy groups -OCH3 is 1. The number of amides is 2. The predicted molar refractivity (Wildman–Crippen MR) is 122 cm³/mol. The molecule has 1 aromatic carbocycles. The number of benzene rings is 1. The van der Waals surface area contributed by atoms with E-state index in [2.05, 4.69) is 5.10 Å². The Morgan fingerprint density at radius 3 is 2.69 bits per heavy atom. The van der Waals surface area contributed by atoms with Crippen molar-refractivity contribution in [2.24, 2.45) is 11.0 Å². The number of hydrogen-bond donors (Lipinski definition) is 0. The molecule has 8 heteroatoms. The maximum Gasteiger partial charge on any atom is 0.262 e. The van der Waals surface area contributed by atoms with Gasteiger partial charge < -0.3 is 9.64 Å². The number of halogens is 1. The highest BCUT2D eigenvalue weighted by Crippen LogP contribution is 2.35. The summed E-state index contributed by atoms with van der Waals surface area (Å²) < 4.78 is 19.8. The van der Waals surface area contributed by atoms with Crippen molar-refractivity contribution in [3.05, 3.63) is 58.0 Å². The lowest BCUT2D eigenvalue weighted by molar-refractivity contribution is -0.144. The first kappa shape index (κ1) is 22.6. The van der Waals surface area contributed by atoms with Gasteiger partial charge in [0.2, 0.25) is 5.91 Å². The van der Waals surface area contributed by atoms with Crippen LogP contribution in [0.4, 0.5) is 4.39 Å². The summed E-state index contributed by atoms with van der Waals surface area (Å²) in [4.78, 5) is 29.0. The molecule has 0 saturated heterocycles. The van der Waals surface area contributed by atoms with Gasteiger partial charge in [-0.25, -0.2) is 9.40 Å². The zero-order valence-electron chi connectivity index (χ0n) is 18.2. The number of hydrogen-bond acceptors (Lipinski definition) is 5. The van der Waals surface area contributed by atoms with Crippen molar-refractivity contribution in [3.8, 4) is 0 Å². The summed E-state index contributed by atoms with van der Waals surface area (Å²) in [7, 11) is 1.58. The van der Waals surface area contributed by atoms with E-state index in [0.717, 1.165) is 36.3 Å². The van der Waals surface area contributed by atoms with Crippen LogP contribution in [0.1, 0.15) is 48.6 Å². The fourth-order valence-electron chi connectivity index (χ4n) is 4.45. The lowest BCUT2D eigenvalue weighted by atomic mass is 10.0. The van der Waals surface area contributed by atoms with Gasteiger partial charge >= 0.3 is 0 Å². The summed E-state index contributed by atoms with van der Waals surface area (Å²) in [5.74, 6) is -0.716. The molecule has 1 aliphatic carbocycles. The highest BCUT2D eigenvalue weighted by Gasteiger charge is 2.37. The molecule has 6 nitrogen and oxygen atoms in total. The monoisotopic (exact) mass is 457 g/mol. The van der Waals surface area contributed by atoms with E-state index < -0.39 is 6.04 Å². The quantitative estimate of drug-likeness (QED) is 0.596. The number of hydrazone groups is 1. The highest BCUT2D eigenvalue weighted by molar-refractivity contribution is 7.12. The lowest BCUT2D eigenvalue weighted by Gasteiger charge is -2.28. The van der Waals surface area contributed by atoms with Crippen molar-refractivity contribution in [1.82, 2.24) is 9.91 Å². The third-order valence-corrected chi connectivity index (χ3v) is 7.06. The first-order chi connectivity index (χ1) is 15.6. The van der Waals surface area contributed by atoms with Crippen LogP contribution in [0.5, 0.6) is 0 Å². The van der Waals surface area contributed by atoms with Gasteiger partial charge in [0.15, 0.2) is 0 Å². The minimum Gasteiger partial charge on any atom is -0.383 e. The molecule has 1 aromatic heterocycles. The summed E-state index contributed by atoms with van der Waals surface area (Å²) in [5, 5.41) is 7.92. The Hall–Kier alpha value is -2.58.